The molecule has 0 amide bonds. The molecule has 0 aliphatic rings. The number of nitrogen functional groups attached to an aromatic ring is 1. The molecule has 0 fully saturated rings. The summed E-state index contributed by atoms with van der Waals surface area (Å²) in [4.78, 5) is 0. The first kappa shape index (κ1) is 13.7. The molecule has 100 valence electrons. The maximum atomic E-state index is 13.5. The van der Waals surface area contributed by atoms with Gasteiger partial charge in [0.05, 0.1) is 18.5 Å². The first-order valence-corrected chi connectivity index (χ1v) is 6.46. The highest BCUT2D eigenvalue weighted by Crippen LogP contribution is 2.31. The topological polar surface area (TPSA) is 47.3 Å². The smallest absolute Gasteiger partial charge is 0.167 e. The quantitative estimate of drug-likeness (QED) is 0.830. The van der Waals surface area contributed by atoms with Crippen LogP contribution < -0.4 is 15.8 Å². The van der Waals surface area contributed by atoms with Crippen LogP contribution in [0.5, 0.6) is 5.75 Å². The van der Waals surface area contributed by atoms with Crippen LogP contribution in [-0.2, 0) is 0 Å². The molecule has 19 heavy (non-hydrogen) atoms. The number of hydrogen-bond acceptors (Lipinski definition) is 3. The van der Waals surface area contributed by atoms with E-state index in [1.165, 1.54) is 13.2 Å². The minimum atomic E-state index is -0.474. The number of halogens is 2. The zero-order valence-corrected chi connectivity index (χ0v) is 12.2. The Morgan fingerprint density at radius 2 is 1.95 bits per heavy atom. The third kappa shape index (κ3) is 2.98. The first-order chi connectivity index (χ1) is 9.01. The van der Waals surface area contributed by atoms with Crippen molar-refractivity contribution < 1.29 is 9.13 Å². The lowest BCUT2D eigenvalue weighted by Gasteiger charge is -2.13. The maximum Gasteiger partial charge on any atom is 0.167 e. The van der Waals surface area contributed by atoms with E-state index in [0.717, 1.165) is 15.7 Å². The molecule has 0 unspecified atom stereocenters. The largest absolute Gasteiger partial charge is 0.494 e. The average Bonchev–Trinajstić information content (AvgIpc) is 2.35. The van der Waals surface area contributed by atoms with E-state index >= 15 is 0 Å². The van der Waals surface area contributed by atoms with Gasteiger partial charge in [-0.15, -0.1) is 0 Å². The molecule has 0 atom stereocenters. The maximum absolute atomic E-state index is 13.5. The van der Waals surface area contributed by atoms with Crippen molar-refractivity contribution in [3.63, 3.8) is 0 Å². The Labute approximate surface area is 119 Å². The zero-order chi connectivity index (χ0) is 14.0. The fourth-order valence-corrected chi connectivity index (χ4v) is 2.22. The van der Waals surface area contributed by atoms with E-state index < -0.39 is 5.82 Å². The van der Waals surface area contributed by atoms with Gasteiger partial charge in [-0.2, -0.15) is 0 Å². The highest BCUT2D eigenvalue weighted by atomic mass is 79.9. The Morgan fingerprint density at radius 3 is 2.58 bits per heavy atom. The summed E-state index contributed by atoms with van der Waals surface area (Å²) >= 11 is 3.41. The normalized spacial score (nSPS) is 10.3. The van der Waals surface area contributed by atoms with Crippen LogP contribution in [-0.4, -0.2) is 7.11 Å². The van der Waals surface area contributed by atoms with Crippen molar-refractivity contribution in [1.82, 2.24) is 0 Å². The Kier molecular flexibility index (Phi) is 3.95. The molecule has 0 spiro atoms. The van der Waals surface area contributed by atoms with Crippen LogP contribution in [0.3, 0.4) is 0 Å². The fourth-order valence-electron chi connectivity index (χ4n) is 1.75. The van der Waals surface area contributed by atoms with Gasteiger partial charge >= 0.3 is 0 Å². The molecule has 0 aliphatic carbocycles. The molecule has 2 aromatic carbocycles. The molecule has 0 aromatic heterocycles. The minimum absolute atomic E-state index is 0.159. The van der Waals surface area contributed by atoms with Crippen molar-refractivity contribution >= 4 is 33.0 Å². The lowest BCUT2D eigenvalue weighted by atomic mass is 10.2. The zero-order valence-electron chi connectivity index (χ0n) is 10.6. The molecule has 0 saturated heterocycles. The number of rotatable bonds is 3. The number of ether oxygens (including phenoxy) is 1. The van der Waals surface area contributed by atoms with E-state index in [1.54, 1.807) is 6.07 Å². The Balaban J connectivity index is 2.37. The van der Waals surface area contributed by atoms with Gasteiger partial charge in [0.15, 0.2) is 11.6 Å². The number of nitrogens with two attached hydrogens (primary N) is 1. The lowest BCUT2D eigenvalue weighted by Crippen LogP contribution is -2.00. The summed E-state index contributed by atoms with van der Waals surface area (Å²) in [5.41, 5.74) is 8.71. The summed E-state index contributed by atoms with van der Waals surface area (Å²) in [6.07, 6.45) is 0. The van der Waals surface area contributed by atoms with Crippen LogP contribution in [0, 0.1) is 12.7 Å². The van der Waals surface area contributed by atoms with Crippen LogP contribution in [0.2, 0.25) is 0 Å². The number of methoxy groups -OCH3 is 1. The third-order valence-corrected chi connectivity index (χ3v) is 3.28. The summed E-state index contributed by atoms with van der Waals surface area (Å²) in [6, 6.07) is 8.63. The second kappa shape index (κ2) is 5.48. The average molecular weight is 325 g/mol. The van der Waals surface area contributed by atoms with E-state index in [-0.39, 0.29) is 5.75 Å². The summed E-state index contributed by atoms with van der Waals surface area (Å²) in [6.45, 7) is 1.98. The Morgan fingerprint density at radius 1 is 1.21 bits per heavy atom. The fraction of sp³-hybridized carbons (Fsp3) is 0.143. The molecule has 3 N–H and O–H groups in total. The number of nitrogens with one attached hydrogen (secondary N) is 1. The molecule has 0 radical (unpaired) electrons. The second-order valence-corrected chi connectivity index (χ2v) is 5.07. The van der Waals surface area contributed by atoms with E-state index in [4.69, 9.17) is 10.5 Å². The summed E-state index contributed by atoms with van der Waals surface area (Å²) in [5.74, 6) is -0.315. The highest BCUT2D eigenvalue weighted by Gasteiger charge is 2.09. The van der Waals surface area contributed by atoms with Gasteiger partial charge in [-0.3, -0.25) is 0 Å². The van der Waals surface area contributed by atoms with E-state index in [0.29, 0.717) is 11.4 Å². The molecule has 0 heterocycles. The summed E-state index contributed by atoms with van der Waals surface area (Å²) in [7, 11) is 1.42. The molecule has 5 heteroatoms. The van der Waals surface area contributed by atoms with Crippen LogP contribution >= 0.6 is 15.9 Å². The molecule has 0 bridgehead atoms. The number of anilines is 3. The SMILES string of the molecule is COc1cc(Nc2ccc(Br)cc2C)c(N)cc1F. The van der Waals surface area contributed by atoms with Gasteiger partial charge in [0, 0.05) is 22.3 Å². The Hall–Kier alpha value is -1.75. The first-order valence-electron chi connectivity index (χ1n) is 5.67. The van der Waals surface area contributed by atoms with E-state index in [9.17, 15) is 4.39 Å². The van der Waals surface area contributed by atoms with Gasteiger partial charge in [0.25, 0.3) is 0 Å². The molecule has 2 aromatic rings. The van der Waals surface area contributed by atoms with Crippen LogP contribution in [0.15, 0.2) is 34.8 Å². The molecule has 3 nitrogen and oxygen atoms in total. The standard InChI is InChI=1S/C14H14BrFN2O/c1-8-5-9(15)3-4-12(8)18-13-7-14(19-2)10(16)6-11(13)17/h3-7,18H,17H2,1-2H3. The molecular weight excluding hydrogens is 311 g/mol. The van der Waals surface area contributed by atoms with E-state index in [2.05, 4.69) is 21.2 Å². The second-order valence-electron chi connectivity index (χ2n) is 4.16. The molecule has 0 aliphatic heterocycles. The summed E-state index contributed by atoms with van der Waals surface area (Å²) < 4.78 is 19.4. The van der Waals surface area contributed by atoms with Crippen molar-refractivity contribution in [2.24, 2.45) is 0 Å². The molecule has 0 saturated carbocycles. The highest BCUT2D eigenvalue weighted by molar-refractivity contribution is 9.10. The van der Waals surface area contributed by atoms with Crippen molar-refractivity contribution in [2.45, 2.75) is 6.92 Å². The van der Waals surface area contributed by atoms with Crippen LogP contribution in [0.25, 0.3) is 0 Å². The molecule has 2 rings (SSSR count). The van der Waals surface area contributed by atoms with Crippen LogP contribution in [0.1, 0.15) is 5.56 Å². The van der Waals surface area contributed by atoms with E-state index in [1.807, 2.05) is 25.1 Å². The van der Waals surface area contributed by atoms with Gasteiger partial charge in [0.2, 0.25) is 0 Å². The monoisotopic (exact) mass is 324 g/mol. The van der Waals surface area contributed by atoms with Crippen molar-refractivity contribution in [3.05, 3.63) is 46.2 Å². The number of hydrogen-bond donors (Lipinski definition) is 2. The minimum Gasteiger partial charge on any atom is -0.494 e. The number of aryl methyl sites for hydroxylation is 1. The summed E-state index contributed by atoms with van der Waals surface area (Å²) in [5, 5.41) is 3.18. The predicted molar refractivity (Wildman–Crippen MR) is 79.5 cm³/mol. The van der Waals surface area contributed by atoms with Gasteiger partial charge in [-0.25, -0.2) is 4.39 Å². The van der Waals surface area contributed by atoms with Crippen molar-refractivity contribution in [3.8, 4) is 5.75 Å². The lowest BCUT2D eigenvalue weighted by molar-refractivity contribution is 0.387. The van der Waals surface area contributed by atoms with Gasteiger partial charge in [-0.05, 0) is 30.7 Å². The van der Waals surface area contributed by atoms with Gasteiger partial charge < -0.3 is 15.8 Å². The van der Waals surface area contributed by atoms with Gasteiger partial charge in [0.1, 0.15) is 0 Å². The van der Waals surface area contributed by atoms with Crippen molar-refractivity contribution in [1.29, 1.82) is 0 Å². The van der Waals surface area contributed by atoms with Crippen LogP contribution in [0.4, 0.5) is 21.5 Å². The molecular formula is C14H14BrFN2O. The van der Waals surface area contributed by atoms with Gasteiger partial charge in [-0.1, -0.05) is 15.9 Å². The third-order valence-electron chi connectivity index (χ3n) is 2.78. The Bertz CT molecular complexity index is 617. The number of benzene rings is 2. The predicted octanol–water partition coefficient (Wildman–Crippen LogP) is 4.23. The van der Waals surface area contributed by atoms with Crippen molar-refractivity contribution in [2.75, 3.05) is 18.2 Å².